The van der Waals surface area contributed by atoms with Crippen molar-refractivity contribution in [3.8, 4) is 0 Å². The fourth-order valence-electron chi connectivity index (χ4n) is 3.70. The first-order valence-corrected chi connectivity index (χ1v) is 10.9. The topological polar surface area (TPSA) is 75.5 Å². The summed E-state index contributed by atoms with van der Waals surface area (Å²) in [5.41, 5.74) is 2.31. The van der Waals surface area contributed by atoms with Crippen LogP contribution in [0.25, 0.3) is 5.52 Å². The standard InChI is InChI=1S/C18H25N4O4P/c1-15-14-16-4-2-3-5-22(16)17(15)18(23)19-27(24,20-6-10-25-11-7-20)21-8-12-26-13-9-21/h2-5,14H,6-13H2,1H3,(H,19,23,24). The largest absolute Gasteiger partial charge is 0.379 e. The summed E-state index contributed by atoms with van der Waals surface area (Å²) >= 11 is 0. The van der Waals surface area contributed by atoms with Crippen molar-refractivity contribution in [2.24, 2.45) is 0 Å². The van der Waals surface area contributed by atoms with Crippen LogP contribution >= 0.6 is 7.59 Å². The molecule has 2 fully saturated rings. The van der Waals surface area contributed by atoms with Gasteiger partial charge in [0.15, 0.2) is 0 Å². The predicted octanol–water partition coefficient (Wildman–Crippen LogP) is 1.75. The summed E-state index contributed by atoms with van der Waals surface area (Å²) in [6.45, 7) is 6.07. The van der Waals surface area contributed by atoms with E-state index in [-0.39, 0.29) is 5.91 Å². The predicted molar refractivity (Wildman–Crippen MR) is 102 cm³/mol. The van der Waals surface area contributed by atoms with Gasteiger partial charge in [-0.3, -0.25) is 14.4 Å². The lowest BCUT2D eigenvalue weighted by atomic mass is 10.2. The molecule has 4 heterocycles. The SMILES string of the molecule is Cc1cc2ccccn2c1C(=O)NP(=O)(N1CCOCC1)N1CCOCC1. The van der Waals surface area contributed by atoms with Crippen LogP contribution in [0.1, 0.15) is 16.1 Å². The van der Waals surface area contributed by atoms with Crippen molar-refractivity contribution >= 4 is 19.0 Å². The Kier molecular flexibility index (Phi) is 5.34. The number of nitrogens with zero attached hydrogens (tertiary/aromatic N) is 3. The summed E-state index contributed by atoms with van der Waals surface area (Å²) < 4.78 is 30.5. The van der Waals surface area contributed by atoms with Gasteiger partial charge in [0.2, 0.25) is 0 Å². The minimum atomic E-state index is -3.27. The maximum absolute atomic E-state index is 14.1. The highest BCUT2D eigenvalue weighted by molar-refractivity contribution is 7.57. The smallest absolute Gasteiger partial charge is 0.311 e. The number of carbonyl (C=O) groups is 1. The van der Waals surface area contributed by atoms with Crippen molar-refractivity contribution in [1.29, 1.82) is 0 Å². The van der Waals surface area contributed by atoms with E-state index >= 15 is 0 Å². The van der Waals surface area contributed by atoms with E-state index in [0.717, 1.165) is 11.1 Å². The third kappa shape index (κ3) is 3.56. The van der Waals surface area contributed by atoms with E-state index in [9.17, 15) is 9.36 Å². The molecular weight excluding hydrogens is 367 g/mol. The normalized spacial score (nSPS) is 20.0. The van der Waals surface area contributed by atoms with E-state index in [1.165, 1.54) is 0 Å². The molecule has 2 saturated heterocycles. The minimum Gasteiger partial charge on any atom is -0.379 e. The van der Waals surface area contributed by atoms with E-state index in [0.29, 0.717) is 58.3 Å². The van der Waals surface area contributed by atoms with Crippen LogP contribution in [0.3, 0.4) is 0 Å². The number of hydrogen-bond acceptors (Lipinski definition) is 4. The molecule has 27 heavy (non-hydrogen) atoms. The van der Waals surface area contributed by atoms with Crippen molar-refractivity contribution in [1.82, 2.24) is 18.8 Å². The fraction of sp³-hybridized carbons (Fsp3) is 0.500. The number of hydrogen-bond donors (Lipinski definition) is 1. The quantitative estimate of drug-likeness (QED) is 0.799. The van der Waals surface area contributed by atoms with Gasteiger partial charge >= 0.3 is 7.59 Å². The summed E-state index contributed by atoms with van der Waals surface area (Å²) in [5.74, 6) is -0.319. The molecule has 8 nitrogen and oxygen atoms in total. The average molecular weight is 392 g/mol. The zero-order chi connectivity index (χ0) is 18.9. The molecule has 1 N–H and O–H groups in total. The summed E-state index contributed by atoms with van der Waals surface area (Å²) in [4.78, 5) is 13.2. The number of pyridine rings is 1. The number of fused-ring (bicyclic) bond motifs is 1. The van der Waals surface area contributed by atoms with Crippen LogP contribution in [0.5, 0.6) is 0 Å². The van der Waals surface area contributed by atoms with E-state index < -0.39 is 7.59 Å². The second-order valence-corrected chi connectivity index (χ2v) is 9.23. The van der Waals surface area contributed by atoms with Gasteiger partial charge in [0.1, 0.15) is 5.69 Å². The molecular formula is C18H25N4O4P. The van der Waals surface area contributed by atoms with Crippen LogP contribution in [-0.2, 0) is 14.0 Å². The number of amides is 1. The summed E-state index contributed by atoms with van der Waals surface area (Å²) in [6, 6.07) is 7.73. The summed E-state index contributed by atoms with van der Waals surface area (Å²) in [5, 5.41) is 2.90. The van der Waals surface area contributed by atoms with Gasteiger partial charge < -0.3 is 13.9 Å². The van der Waals surface area contributed by atoms with Gasteiger partial charge in [0.05, 0.1) is 26.4 Å². The molecule has 0 aromatic carbocycles. The van der Waals surface area contributed by atoms with Crippen molar-refractivity contribution in [2.45, 2.75) is 6.92 Å². The summed E-state index contributed by atoms with van der Waals surface area (Å²) in [7, 11) is -3.27. The van der Waals surface area contributed by atoms with Gasteiger partial charge in [-0.15, -0.1) is 0 Å². The van der Waals surface area contributed by atoms with Crippen molar-refractivity contribution in [3.63, 3.8) is 0 Å². The Bertz CT molecular complexity index is 849. The van der Waals surface area contributed by atoms with Crippen LogP contribution < -0.4 is 5.09 Å². The van der Waals surface area contributed by atoms with Gasteiger partial charge in [-0.2, -0.15) is 0 Å². The highest BCUT2D eigenvalue weighted by atomic mass is 31.2. The first-order valence-electron chi connectivity index (χ1n) is 9.25. The number of ether oxygens (including phenoxy) is 2. The van der Waals surface area contributed by atoms with Crippen LogP contribution in [0.15, 0.2) is 30.5 Å². The summed E-state index contributed by atoms with van der Waals surface area (Å²) in [6.07, 6.45) is 1.85. The maximum Gasteiger partial charge on any atom is 0.311 e. The Labute approximate surface area is 158 Å². The van der Waals surface area contributed by atoms with Crippen molar-refractivity contribution in [2.75, 3.05) is 52.6 Å². The Morgan fingerprint density at radius 1 is 1.04 bits per heavy atom. The van der Waals surface area contributed by atoms with Crippen molar-refractivity contribution < 1.29 is 18.8 Å². The van der Waals surface area contributed by atoms with E-state index in [4.69, 9.17) is 9.47 Å². The molecule has 146 valence electrons. The zero-order valence-electron chi connectivity index (χ0n) is 15.5. The number of morpholine rings is 2. The molecule has 0 aliphatic carbocycles. The monoisotopic (exact) mass is 392 g/mol. The Morgan fingerprint density at radius 2 is 1.63 bits per heavy atom. The Morgan fingerprint density at radius 3 is 2.22 bits per heavy atom. The number of carbonyl (C=O) groups excluding carboxylic acids is 1. The molecule has 0 radical (unpaired) electrons. The molecule has 0 unspecified atom stereocenters. The van der Waals surface area contributed by atoms with Crippen LogP contribution in [0.4, 0.5) is 0 Å². The molecule has 2 aliphatic rings. The van der Waals surface area contributed by atoms with E-state index in [2.05, 4.69) is 5.09 Å². The highest BCUT2D eigenvalue weighted by Gasteiger charge is 2.41. The minimum absolute atomic E-state index is 0.319. The molecule has 4 rings (SSSR count). The lowest BCUT2D eigenvalue weighted by Crippen LogP contribution is -2.48. The Balaban J connectivity index is 1.67. The highest BCUT2D eigenvalue weighted by Crippen LogP contribution is 2.50. The van der Waals surface area contributed by atoms with Gasteiger partial charge in [0.25, 0.3) is 5.91 Å². The van der Waals surface area contributed by atoms with Gasteiger partial charge in [-0.05, 0) is 30.7 Å². The first kappa shape index (κ1) is 18.7. The van der Waals surface area contributed by atoms with Crippen molar-refractivity contribution in [3.05, 3.63) is 41.7 Å². The van der Waals surface area contributed by atoms with Gasteiger partial charge in [-0.1, -0.05) is 6.07 Å². The third-order valence-electron chi connectivity index (χ3n) is 5.07. The fourth-order valence-corrected chi connectivity index (χ4v) is 6.12. The van der Waals surface area contributed by atoms with Crippen LogP contribution in [0, 0.1) is 6.92 Å². The second-order valence-electron chi connectivity index (χ2n) is 6.79. The molecule has 2 aliphatic heterocycles. The molecule has 0 saturated carbocycles. The molecule has 1 amide bonds. The molecule has 0 bridgehead atoms. The zero-order valence-corrected chi connectivity index (χ0v) is 16.4. The number of aryl methyl sites for hydroxylation is 1. The van der Waals surface area contributed by atoms with E-state index in [1.54, 1.807) is 0 Å². The molecule has 2 aromatic rings. The molecule has 9 heteroatoms. The maximum atomic E-state index is 14.1. The van der Waals surface area contributed by atoms with Crippen LogP contribution in [-0.4, -0.2) is 72.3 Å². The Hall–Kier alpha value is -1.70. The number of nitrogens with one attached hydrogen (secondary N) is 1. The van der Waals surface area contributed by atoms with E-state index in [1.807, 2.05) is 51.1 Å². The second kappa shape index (κ2) is 7.73. The van der Waals surface area contributed by atoms with Crippen LogP contribution in [0.2, 0.25) is 0 Å². The van der Waals surface area contributed by atoms with Gasteiger partial charge in [-0.25, -0.2) is 9.34 Å². The lowest BCUT2D eigenvalue weighted by molar-refractivity contribution is 0.0505. The molecule has 2 aromatic heterocycles. The number of aromatic nitrogens is 1. The lowest BCUT2D eigenvalue weighted by Gasteiger charge is -2.41. The first-order chi connectivity index (χ1) is 13.1. The average Bonchev–Trinajstić information content (AvgIpc) is 3.05. The van der Waals surface area contributed by atoms with Gasteiger partial charge in [0, 0.05) is 37.9 Å². The third-order valence-corrected chi connectivity index (χ3v) is 7.90. The molecule has 0 spiro atoms. The molecule has 0 atom stereocenters. The number of rotatable bonds is 4.